The van der Waals surface area contributed by atoms with E-state index in [1.807, 2.05) is 13.0 Å². The summed E-state index contributed by atoms with van der Waals surface area (Å²) in [7, 11) is 0. The molecule has 0 aromatic carbocycles. The lowest BCUT2D eigenvalue weighted by molar-refractivity contribution is -0.194. The Morgan fingerprint density at radius 2 is 1.83 bits per heavy atom. The number of fused-ring (bicyclic) bond motifs is 3. The third-order valence-electron chi connectivity index (χ3n) is 10.1. The van der Waals surface area contributed by atoms with E-state index in [1.54, 1.807) is 26.0 Å². The SMILES string of the molecule is CCC(=O)OCC(=O)[C@@]1(OC(=O)CC)[C@H](C)C[C@H]2[C@@H]3CCC4=CC(=O)C=C[C@]4(C)[C@]34OC4C[C@@]21C. The van der Waals surface area contributed by atoms with Crippen LogP contribution in [0.25, 0.3) is 0 Å². The summed E-state index contributed by atoms with van der Waals surface area (Å²) < 4.78 is 18.0. The molecule has 0 aromatic heterocycles. The van der Waals surface area contributed by atoms with Gasteiger partial charge in [-0.1, -0.05) is 39.3 Å². The molecule has 35 heavy (non-hydrogen) atoms. The van der Waals surface area contributed by atoms with Gasteiger partial charge >= 0.3 is 11.9 Å². The standard InChI is InChI=1S/C28H36O7/c1-6-23(31)33-15-21(30)27(35-24(32)7-2)16(3)12-20-19-9-8-17-13-18(29)10-11-25(17,4)28(19)22(34-28)14-26(20,27)5/h10-11,13,16,19-20,22H,6-9,12,14-15H2,1-5H3/t16-,19+,20+,22?,25+,26+,27+,28+/m1/s1. The molecule has 8 atom stereocenters. The summed E-state index contributed by atoms with van der Waals surface area (Å²) in [6.45, 7) is 9.24. The zero-order valence-electron chi connectivity index (χ0n) is 21.3. The molecule has 1 spiro atoms. The van der Waals surface area contributed by atoms with Crippen molar-refractivity contribution in [2.24, 2.45) is 28.6 Å². The Labute approximate surface area is 206 Å². The summed E-state index contributed by atoms with van der Waals surface area (Å²) in [6.07, 6.45) is 8.66. The maximum atomic E-state index is 13.9. The van der Waals surface area contributed by atoms with Crippen LogP contribution in [0.1, 0.15) is 73.1 Å². The van der Waals surface area contributed by atoms with E-state index < -0.39 is 35.2 Å². The largest absolute Gasteiger partial charge is 0.457 e. The minimum Gasteiger partial charge on any atom is -0.457 e. The summed E-state index contributed by atoms with van der Waals surface area (Å²) in [4.78, 5) is 50.5. The first-order valence-electron chi connectivity index (χ1n) is 13.0. The van der Waals surface area contributed by atoms with Crippen molar-refractivity contribution in [2.45, 2.75) is 90.4 Å². The zero-order chi connectivity index (χ0) is 25.4. The zero-order valence-corrected chi connectivity index (χ0v) is 21.3. The summed E-state index contributed by atoms with van der Waals surface area (Å²) in [5.74, 6) is -1.14. The summed E-state index contributed by atoms with van der Waals surface area (Å²) in [5.41, 5.74) is -1.64. The Kier molecular flexibility index (Phi) is 5.48. The molecule has 0 radical (unpaired) electrons. The molecule has 5 aliphatic rings. The van der Waals surface area contributed by atoms with Crippen LogP contribution >= 0.6 is 0 Å². The van der Waals surface area contributed by atoms with Gasteiger partial charge in [-0.15, -0.1) is 0 Å². The van der Waals surface area contributed by atoms with E-state index in [-0.39, 0.29) is 53.7 Å². The molecule has 5 rings (SSSR count). The van der Waals surface area contributed by atoms with Gasteiger partial charge in [0.05, 0.1) is 6.10 Å². The molecular weight excluding hydrogens is 448 g/mol. The van der Waals surface area contributed by atoms with Gasteiger partial charge in [0.15, 0.2) is 18.0 Å². The van der Waals surface area contributed by atoms with Crippen molar-refractivity contribution in [1.29, 1.82) is 0 Å². The third-order valence-corrected chi connectivity index (χ3v) is 10.1. The fourth-order valence-corrected chi connectivity index (χ4v) is 8.44. The second-order valence-corrected chi connectivity index (χ2v) is 11.5. The minimum atomic E-state index is -1.37. The highest BCUT2D eigenvalue weighted by Gasteiger charge is 2.83. The Balaban J connectivity index is 1.55. The molecule has 1 aliphatic heterocycles. The van der Waals surface area contributed by atoms with Gasteiger partial charge in [-0.3, -0.25) is 19.2 Å². The van der Waals surface area contributed by atoms with Crippen molar-refractivity contribution < 1.29 is 33.4 Å². The number of esters is 2. The summed E-state index contributed by atoms with van der Waals surface area (Å²) in [6, 6.07) is 0. The molecule has 7 nitrogen and oxygen atoms in total. The Morgan fingerprint density at radius 3 is 2.51 bits per heavy atom. The van der Waals surface area contributed by atoms with Crippen LogP contribution in [-0.2, 0) is 33.4 Å². The van der Waals surface area contributed by atoms with Crippen LogP contribution in [0.15, 0.2) is 23.8 Å². The molecule has 4 fully saturated rings. The van der Waals surface area contributed by atoms with Crippen molar-refractivity contribution in [3.05, 3.63) is 23.8 Å². The van der Waals surface area contributed by atoms with Crippen molar-refractivity contribution in [3.8, 4) is 0 Å². The smallest absolute Gasteiger partial charge is 0.306 e. The average Bonchev–Trinajstić information content (AvgIpc) is 3.50. The fourth-order valence-electron chi connectivity index (χ4n) is 8.44. The second-order valence-electron chi connectivity index (χ2n) is 11.5. The van der Waals surface area contributed by atoms with Crippen LogP contribution in [0.3, 0.4) is 0 Å². The van der Waals surface area contributed by atoms with Gasteiger partial charge in [0, 0.05) is 29.6 Å². The van der Waals surface area contributed by atoms with Crippen LogP contribution in [0, 0.1) is 28.6 Å². The lowest BCUT2D eigenvalue weighted by atomic mass is 9.46. The number of ketones is 2. The van der Waals surface area contributed by atoms with Crippen LogP contribution in [0.4, 0.5) is 0 Å². The number of rotatable bonds is 6. The van der Waals surface area contributed by atoms with Gasteiger partial charge < -0.3 is 14.2 Å². The van der Waals surface area contributed by atoms with E-state index in [2.05, 4.69) is 13.8 Å². The topological polar surface area (TPSA) is 99.3 Å². The monoisotopic (exact) mass is 484 g/mol. The van der Waals surface area contributed by atoms with Gasteiger partial charge in [0.1, 0.15) is 5.60 Å². The van der Waals surface area contributed by atoms with E-state index in [4.69, 9.17) is 14.2 Å². The first-order chi connectivity index (χ1) is 16.5. The predicted molar refractivity (Wildman–Crippen MR) is 126 cm³/mol. The normalized spacial score (nSPS) is 44.8. The van der Waals surface area contributed by atoms with Gasteiger partial charge in [-0.25, -0.2) is 0 Å². The van der Waals surface area contributed by atoms with E-state index >= 15 is 0 Å². The Morgan fingerprint density at radius 1 is 1.11 bits per heavy atom. The molecular formula is C28H36O7. The van der Waals surface area contributed by atoms with Gasteiger partial charge in [-0.05, 0) is 56.6 Å². The lowest BCUT2D eigenvalue weighted by Crippen LogP contribution is -2.63. The highest BCUT2D eigenvalue weighted by atomic mass is 16.6. The molecule has 0 amide bonds. The number of Topliss-reactive ketones (excluding diaryl/α,β-unsaturated/α-hetero) is 1. The van der Waals surface area contributed by atoms with Crippen LogP contribution in [0.5, 0.6) is 0 Å². The Bertz CT molecular complexity index is 1060. The van der Waals surface area contributed by atoms with E-state index in [1.165, 1.54) is 0 Å². The molecule has 0 N–H and O–H groups in total. The molecule has 1 saturated heterocycles. The number of allylic oxidation sites excluding steroid dienone is 2. The first-order valence-corrected chi connectivity index (χ1v) is 13.0. The van der Waals surface area contributed by atoms with Gasteiger partial charge in [-0.2, -0.15) is 0 Å². The van der Waals surface area contributed by atoms with Gasteiger partial charge in [0.2, 0.25) is 5.78 Å². The number of epoxide rings is 1. The second kappa shape index (κ2) is 7.86. The van der Waals surface area contributed by atoms with Crippen molar-refractivity contribution in [2.75, 3.05) is 6.61 Å². The molecule has 190 valence electrons. The number of carbonyl (C=O) groups is 4. The number of hydrogen-bond acceptors (Lipinski definition) is 7. The number of hydrogen-bond donors (Lipinski definition) is 0. The molecule has 0 aromatic rings. The van der Waals surface area contributed by atoms with E-state index in [0.29, 0.717) is 6.42 Å². The molecule has 1 heterocycles. The molecule has 0 bridgehead atoms. The third kappa shape index (κ3) is 3.00. The average molecular weight is 485 g/mol. The highest BCUT2D eigenvalue weighted by Crippen LogP contribution is 2.77. The molecule has 4 aliphatic carbocycles. The summed E-state index contributed by atoms with van der Waals surface area (Å²) in [5, 5.41) is 0. The van der Waals surface area contributed by atoms with Crippen LogP contribution in [-0.4, -0.2) is 47.4 Å². The first kappa shape index (κ1) is 24.4. The van der Waals surface area contributed by atoms with E-state index in [9.17, 15) is 19.2 Å². The lowest BCUT2D eigenvalue weighted by Gasteiger charge is -2.56. The maximum absolute atomic E-state index is 13.9. The predicted octanol–water partition coefficient (Wildman–Crippen LogP) is 3.89. The van der Waals surface area contributed by atoms with Crippen LogP contribution < -0.4 is 0 Å². The molecule has 3 saturated carbocycles. The quantitative estimate of drug-likeness (QED) is 0.417. The molecule has 7 heteroatoms. The fraction of sp³-hybridized carbons (Fsp3) is 0.714. The van der Waals surface area contributed by atoms with Crippen LogP contribution in [0.2, 0.25) is 0 Å². The number of ether oxygens (including phenoxy) is 3. The van der Waals surface area contributed by atoms with Gasteiger partial charge in [0.25, 0.3) is 0 Å². The van der Waals surface area contributed by atoms with E-state index in [0.717, 1.165) is 24.8 Å². The molecule has 1 unspecified atom stereocenters. The minimum absolute atomic E-state index is 0.0254. The number of carbonyl (C=O) groups excluding carboxylic acids is 4. The highest BCUT2D eigenvalue weighted by molar-refractivity contribution is 6.01. The Hall–Kier alpha value is -2.28. The van der Waals surface area contributed by atoms with Crippen molar-refractivity contribution in [3.63, 3.8) is 0 Å². The maximum Gasteiger partial charge on any atom is 0.306 e. The van der Waals surface area contributed by atoms with Crippen molar-refractivity contribution in [1.82, 2.24) is 0 Å². The summed E-state index contributed by atoms with van der Waals surface area (Å²) >= 11 is 0. The van der Waals surface area contributed by atoms with Crippen molar-refractivity contribution >= 4 is 23.5 Å².